The molecule has 0 saturated heterocycles. The number of hydrogen-bond acceptors (Lipinski definition) is 3. The Labute approximate surface area is 157 Å². The number of ether oxygens (including phenoxy) is 2. The smallest absolute Gasteiger partial charge is 0.244 e. The third-order valence-electron chi connectivity index (χ3n) is 3.61. The van der Waals surface area contributed by atoms with Crippen molar-refractivity contribution in [2.75, 3.05) is 14.2 Å². The summed E-state index contributed by atoms with van der Waals surface area (Å²) >= 11 is 12.0. The summed E-state index contributed by atoms with van der Waals surface area (Å²) in [6.07, 6.45) is 3.11. The quantitative estimate of drug-likeness (QED) is 0.725. The van der Waals surface area contributed by atoms with Gasteiger partial charge in [0.15, 0.2) is 11.5 Å². The van der Waals surface area contributed by atoms with E-state index in [-0.39, 0.29) is 11.9 Å². The van der Waals surface area contributed by atoms with Gasteiger partial charge in [0, 0.05) is 11.1 Å². The van der Waals surface area contributed by atoms with Gasteiger partial charge in [-0.1, -0.05) is 35.3 Å². The van der Waals surface area contributed by atoms with Gasteiger partial charge in [0.2, 0.25) is 5.91 Å². The van der Waals surface area contributed by atoms with Crippen LogP contribution in [0, 0.1) is 0 Å². The maximum Gasteiger partial charge on any atom is 0.244 e. The van der Waals surface area contributed by atoms with Gasteiger partial charge < -0.3 is 14.8 Å². The van der Waals surface area contributed by atoms with E-state index in [1.54, 1.807) is 30.3 Å². The van der Waals surface area contributed by atoms with Crippen molar-refractivity contribution in [3.8, 4) is 11.5 Å². The lowest BCUT2D eigenvalue weighted by Gasteiger charge is -2.13. The molecule has 2 rings (SSSR count). The number of methoxy groups -OCH3 is 2. The first-order chi connectivity index (χ1) is 11.9. The first-order valence-electron chi connectivity index (χ1n) is 7.60. The molecule has 0 heterocycles. The second kappa shape index (κ2) is 8.79. The van der Waals surface area contributed by atoms with Crippen molar-refractivity contribution in [1.29, 1.82) is 0 Å². The van der Waals surface area contributed by atoms with Crippen LogP contribution in [0.1, 0.15) is 24.1 Å². The van der Waals surface area contributed by atoms with E-state index in [4.69, 9.17) is 32.7 Å². The Morgan fingerprint density at radius 2 is 1.80 bits per heavy atom. The molecule has 25 heavy (non-hydrogen) atoms. The van der Waals surface area contributed by atoms with Gasteiger partial charge >= 0.3 is 0 Å². The highest BCUT2D eigenvalue weighted by Crippen LogP contribution is 2.36. The number of carbonyl (C=O) groups is 1. The van der Waals surface area contributed by atoms with Crippen LogP contribution in [0.4, 0.5) is 0 Å². The normalized spacial score (nSPS) is 12.0. The molecule has 1 N–H and O–H groups in total. The average molecular weight is 380 g/mol. The molecular weight excluding hydrogens is 361 g/mol. The van der Waals surface area contributed by atoms with E-state index in [0.29, 0.717) is 21.5 Å². The lowest BCUT2D eigenvalue weighted by atomic mass is 10.1. The summed E-state index contributed by atoms with van der Waals surface area (Å²) in [4.78, 5) is 12.1. The fraction of sp³-hybridized carbons (Fsp3) is 0.211. The van der Waals surface area contributed by atoms with Crippen molar-refractivity contribution >= 4 is 35.2 Å². The van der Waals surface area contributed by atoms with Gasteiger partial charge in [-0.05, 0) is 48.4 Å². The van der Waals surface area contributed by atoms with Gasteiger partial charge in [0.05, 0.1) is 25.3 Å². The zero-order valence-corrected chi connectivity index (χ0v) is 15.7. The van der Waals surface area contributed by atoms with Gasteiger partial charge in [-0.3, -0.25) is 4.79 Å². The standard InChI is InChI=1S/C19H19Cl2NO3/c1-12(14-5-7-15(20)8-6-14)22-18(23)9-4-13-10-16(21)19(25-3)17(11-13)24-2/h4-12H,1-3H3,(H,22,23)/b9-4+. The number of nitrogens with one attached hydrogen (secondary N) is 1. The summed E-state index contributed by atoms with van der Waals surface area (Å²) in [6, 6.07) is 10.7. The van der Waals surface area contributed by atoms with Crippen molar-refractivity contribution in [3.05, 3.63) is 63.6 Å². The molecule has 2 aromatic carbocycles. The summed E-state index contributed by atoms with van der Waals surface area (Å²) in [7, 11) is 3.05. The highest BCUT2D eigenvalue weighted by atomic mass is 35.5. The van der Waals surface area contributed by atoms with E-state index in [1.807, 2.05) is 19.1 Å². The Bertz CT molecular complexity index is 773. The van der Waals surface area contributed by atoms with Crippen LogP contribution in [0.25, 0.3) is 6.08 Å². The third kappa shape index (κ3) is 5.15. The number of hydrogen-bond donors (Lipinski definition) is 1. The largest absolute Gasteiger partial charge is 0.493 e. The first-order valence-corrected chi connectivity index (χ1v) is 8.35. The Morgan fingerprint density at radius 3 is 2.40 bits per heavy atom. The summed E-state index contributed by atoms with van der Waals surface area (Å²) in [5.74, 6) is 0.750. The van der Waals surface area contributed by atoms with Crippen LogP contribution in [-0.2, 0) is 4.79 Å². The number of amides is 1. The summed E-state index contributed by atoms with van der Waals surface area (Å²) in [6.45, 7) is 1.91. The molecule has 0 spiro atoms. The molecule has 0 aliphatic rings. The molecule has 1 unspecified atom stereocenters. The predicted molar refractivity (Wildman–Crippen MR) is 102 cm³/mol. The Kier molecular flexibility index (Phi) is 6.73. The summed E-state index contributed by atoms with van der Waals surface area (Å²) in [5, 5.41) is 3.97. The van der Waals surface area contributed by atoms with Crippen LogP contribution in [0.3, 0.4) is 0 Å². The van der Waals surface area contributed by atoms with Gasteiger partial charge in [-0.2, -0.15) is 0 Å². The molecule has 2 aromatic rings. The molecule has 132 valence electrons. The van der Waals surface area contributed by atoms with Gasteiger partial charge in [-0.15, -0.1) is 0 Å². The molecule has 0 radical (unpaired) electrons. The molecule has 1 atom stereocenters. The lowest BCUT2D eigenvalue weighted by molar-refractivity contribution is -0.117. The molecule has 6 heteroatoms. The maximum atomic E-state index is 12.1. The Balaban J connectivity index is 2.07. The van der Waals surface area contributed by atoms with Gasteiger partial charge in [0.1, 0.15) is 0 Å². The highest BCUT2D eigenvalue weighted by molar-refractivity contribution is 6.32. The Hall–Kier alpha value is -2.17. The van der Waals surface area contributed by atoms with Crippen molar-refractivity contribution in [2.24, 2.45) is 0 Å². The summed E-state index contributed by atoms with van der Waals surface area (Å²) in [5.41, 5.74) is 1.71. The van der Waals surface area contributed by atoms with Crippen molar-refractivity contribution < 1.29 is 14.3 Å². The summed E-state index contributed by atoms with van der Waals surface area (Å²) < 4.78 is 10.4. The SMILES string of the molecule is COc1cc(/C=C/C(=O)NC(C)c2ccc(Cl)cc2)cc(Cl)c1OC. The average Bonchev–Trinajstić information content (AvgIpc) is 2.59. The number of carbonyl (C=O) groups excluding carboxylic acids is 1. The second-order valence-corrected chi connectivity index (χ2v) is 6.20. The molecule has 4 nitrogen and oxygen atoms in total. The number of rotatable bonds is 6. The zero-order chi connectivity index (χ0) is 18.4. The van der Waals surface area contributed by atoms with E-state index in [2.05, 4.69) is 5.32 Å². The van der Waals surface area contributed by atoms with Crippen LogP contribution < -0.4 is 14.8 Å². The minimum Gasteiger partial charge on any atom is -0.493 e. The minimum atomic E-state index is -0.214. The monoisotopic (exact) mass is 379 g/mol. The Morgan fingerprint density at radius 1 is 1.12 bits per heavy atom. The van der Waals surface area contributed by atoms with Crippen molar-refractivity contribution in [1.82, 2.24) is 5.32 Å². The van der Waals surface area contributed by atoms with Crippen molar-refractivity contribution in [2.45, 2.75) is 13.0 Å². The molecule has 0 bridgehead atoms. The molecule has 0 saturated carbocycles. The van der Waals surface area contributed by atoms with Crippen LogP contribution in [-0.4, -0.2) is 20.1 Å². The van der Waals surface area contributed by atoms with E-state index >= 15 is 0 Å². The molecular formula is C19H19Cl2NO3. The lowest BCUT2D eigenvalue weighted by Crippen LogP contribution is -2.24. The van der Waals surface area contributed by atoms with E-state index < -0.39 is 0 Å². The molecule has 1 amide bonds. The van der Waals surface area contributed by atoms with Crippen LogP contribution in [0.2, 0.25) is 10.0 Å². The number of halogens is 2. The van der Waals surface area contributed by atoms with Crippen LogP contribution in [0.5, 0.6) is 11.5 Å². The van der Waals surface area contributed by atoms with E-state index in [9.17, 15) is 4.79 Å². The number of benzene rings is 2. The van der Waals surface area contributed by atoms with Crippen LogP contribution in [0.15, 0.2) is 42.5 Å². The third-order valence-corrected chi connectivity index (χ3v) is 4.14. The fourth-order valence-corrected chi connectivity index (χ4v) is 2.72. The minimum absolute atomic E-state index is 0.136. The van der Waals surface area contributed by atoms with Gasteiger partial charge in [0.25, 0.3) is 0 Å². The molecule has 0 aliphatic carbocycles. The zero-order valence-electron chi connectivity index (χ0n) is 14.2. The van der Waals surface area contributed by atoms with Crippen molar-refractivity contribution in [3.63, 3.8) is 0 Å². The highest BCUT2D eigenvalue weighted by Gasteiger charge is 2.10. The second-order valence-electron chi connectivity index (χ2n) is 5.35. The fourth-order valence-electron chi connectivity index (χ4n) is 2.30. The molecule has 0 fully saturated rings. The molecule has 0 aromatic heterocycles. The predicted octanol–water partition coefficient (Wildman–Crippen LogP) is 4.90. The van der Waals surface area contributed by atoms with E-state index in [1.165, 1.54) is 20.3 Å². The molecule has 0 aliphatic heterocycles. The van der Waals surface area contributed by atoms with Crippen LogP contribution >= 0.6 is 23.2 Å². The first kappa shape index (κ1) is 19.2. The maximum absolute atomic E-state index is 12.1. The van der Waals surface area contributed by atoms with E-state index in [0.717, 1.165) is 11.1 Å². The topological polar surface area (TPSA) is 47.6 Å². The van der Waals surface area contributed by atoms with Gasteiger partial charge in [-0.25, -0.2) is 0 Å².